The normalized spacial score (nSPS) is 10.6. The minimum Gasteiger partial charge on any atom is -0.485 e. The molecule has 0 atom stereocenters. The Morgan fingerprint density at radius 1 is 1.11 bits per heavy atom. The summed E-state index contributed by atoms with van der Waals surface area (Å²) in [5.74, 6) is 1.55. The fourth-order valence-electron chi connectivity index (χ4n) is 2.68. The molecule has 1 aromatic heterocycles. The molecule has 146 valence electrons. The number of carbonyl (C=O) groups is 1. The minimum absolute atomic E-state index is 0.0544. The van der Waals surface area contributed by atoms with Crippen molar-refractivity contribution in [3.8, 4) is 5.75 Å². The van der Waals surface area contributed by atoms with E-state index < -0.39 is 0 Å². The lowest BCUT2D eigenvalue weighted by Gasteiger charge is -2.22. The first-order valence-corrected chi connectivity index (χ1v) is 9.00. The summed E-state index contributed by atoms with van der Waals surface area (Å²) in [5.41, 5.74) is 1.66. The highest BCUT2D eigenvalue weighted by Crippen LogP contribution is 2.16. The molecule has 0 saturated heterocycles. The molecule has 0 radical (unpaired) electrons. The van der Waals surface area contributed by atoms with Gasteiger partial charge in [0.25, 0.3) is 5.91 Å². The van der Waals surface area contributed by atoms with Crippen LogP contribution in [0, 0.1) is 6.92 Å². The number of hydrogen-bond donors (Lipinski definition) is 0. The number of rotatable bonds is 9. The van der Waals surface area contributed by atoms with Gasteiger partial charge in [-0.2, -0.15) is 4.98 Å². The summed E-state index contributed by atoms with van der Waals surface area (Å²) >= 11 is 0. The van der Waals surface area contributed by atoms with Crippen LogP contribution in [0.15, 0.2) is 59.1 Å². The molecule has 28 heavy (non-hydrogen) atoms. The molecular weight excluding hydrogens is 358 g/mol. The van der Waals surface area contributed by atoms with Crippen LogP contribution >= 0.6 is 0 Å². The van der Waals surface area contributed by atoms with E-state index in [-0.39, 0.29) is 12.5 Å². The van der Waals surface area contributed by atoms with E-state index in [4.69, 9.17) is 14.0 Å². The van der Waals surface area contributed by atoms with E-state index in [9.17, 15) is 4.79 Å². The molecule has 0 fully saturated rings. The largest absolute Gasteiger partial charge is 0.485 e. The van der Waals surface area contributed by atoms with Crippen LogP contribution in [0.1, 0.15) is 27.6 Å². The number of ether oxygens (including phenoxy) is 2. The van der Waals surface area contributed by atoms with Crippen molar-refractivity contribution in [2.75, 3.05) is 20.3 Å². The number of hydrogen-bond acceptors (Lipinski definition) is 6. The first-order valence-electron chi connectivity index (χ1n) is 9.00. The van der Waals surface area contributed by atoms with E-state index in [1.807, 2.05) is 30.3 Å². The van der Waals surface area contributed by atoms with Crippen molar-refractivity contribution in [3.63, 3.8) is 0 Å². The lowest BCUT2D eigenvalue weighted by atomic mass is 10.1. The van der Waals surface area contributed by atoms with E-state index in [1.165, 1.54) is 0 Å². The van der Waals surface area contributed by atoms with Gasteiger partial charge in [-0.05, 0) is 29.8 Å². The van der Waals surface area contributed by atoms with E-state index in [0.29, 0.717) is 42.7 Å². The number of nitrogens with zero attached hydrogens (tertiary/aromatic N) is 3. The van der Waals surface area contributed by atoms with Crippen LogP contribution in [0.2, 0.25) is 0 Å². The predicted molar refractivity (Wildman–Crippen MR) is 103 cm³/mol. The lowest BCUT2D eigenvalue weighted by Crippen LogP contribution is -2.33. The summed E-state index contributed by atoms with van der Waals surface area (Å²) in [6.07, 6.45) is 0. The van der Waals surface area contributed by atoms with Gasteiger partial charge in [-0.1, -0.05) is 35.5 Å². The molecule has 0 spiro atoms. The standard InChI is InChI=1S/C21H23N3O4/c1-16-22-20(23-28-16)15-27-19-10-8-18(9-11-19)21(25)24(12-13-26-2)14-17-6-4-3-5-7-17/h3-11H,12-15H2,1-2H3. The second-order valence-corrected chi connectivity index (χ2v) is 6.25. The third kappa shape index (κ3) is 5.40. The summed E-state index contributed by atoms with van der Waals surface area (Å²) in [6, 6.07) is 16.9. The molecule has 0 aliphatic carbocycles. The molecular formula is C21H23N3O4. The topological polar surface area (TPSA) is 77.7 Å². The maximum Gasteiger partial charge on any atom is 0.254 e. The van der Waals surface area contributed by atoms with E-state index in [0.717, 1.165) is 5.56 Å². The molecule has 0 N–H and O–H groups in total. The predicted octanol–water partition coefficient (Wildman–Crippen LogP) is 3.25. The molecule has 7 heteroatoms. The Labute approximate surface area is 163 Å². The van der Waals surface area contributed by atoms with Crippen molar-refractivity contribution in [2.45, 2.75) is 20.1 Å². The first kappa shape index (κ1) is 19.6. The van der Waals surface area contributed by atoms with Crippen molar-refractivity contribution >= 4 is 5.91 Å². The monoisotopic (exact) mass is 381 g/mol. The number of carbonyl (C=O) groups excluding carboxylic acids is 1. The van der Waals surface area contributed by atoms with Crippen LogP contribution in [0.5, 0.6) is 5.75 Å². The average Bonchev–Trinajstić information content (AvgIpc) is 3.15. The van der Waals surface area contributed by atoms with Crippen molar-refractivity contribution in [2.24, 2.45) is 0 Å². The summed E-state index contributed by atoms with van der Waals surface area (Å²) in [6.45, 7) is 3.45. The van der Waals surface area contributed by atoms with Crippen LogP contribution in [0.25, 0.3) is 0 Å². The molecule has 0 saturated carbocycles. The molecule has 0 bridgehead atoms. The Morgan fingerprint density at radius 2 is 1.86 bits per heavy atom. The molecule has 1 heterocycles. The number of benzene rings is 2. The summed E-state index contributed by atoms with van der Waals surface area (Å²) in [5, 5.41) is 3.78. The zero-order valence-corrected chi connectivity index (χ0v) is 16.0. The van der Waals surface area contributed by atoms with Crippen molar-refractivity contribution < 1.29 is 18.8 Å². The molecule has 1 amide bonds. The van der Waals surface area contributed by atoms with E-state index >= 15 is 0 Å². The number of aromatic nitrogens is 2. The van der Waals surface area contributed by atoms with Crippen LogP contribution in [-0.2, 0) is 17.9 Å². The van der Waals surface area contributed by atoms with Gasteiger partial charge in [0.1, 0.15) is 5.75 Å². The van der Waals surface area contributed by atoms with Crippen molar-refractivity contribution in [1.29, 1.82) is 0 Å². The van der Waals surface area contributed by atoms with Crippen LogP contribution in [0.4, 0.5) is 0 Å². The lowest BCUT2D eigenvalue weighted by molar-refractivity contribution is 0.0680. The molecule has 0 unspecified atom stereocenters. The number of amides is 1. The first-order chi connectivity index (χ1) is 13.7. The van der Waals surface area contributed by atoms with E-state index in [2.05, 4.69) is 10.1 Å². The van der Waals surface area contributed by atoms with Crippen LogP contribution < -0.4 is 4.74 Å². The second kappa shape index (κ2) is 9.66. The fourth-order valence-corrected chi connectivity index (χ4v) is 2.68. The van der Waals surface area contributed by atoms with Gasteiger partial charge in [-0.15, -0.1) is 0 Å². The quantitative estimate of drug-likeness (QED) is 0.566. The number of aryl methyl sites for hydroxylation is 1. The highest BCUT2D eigenvalue weighted by Gasteiger charge is 2.16. The molecule has 0 aliphatic heterocycles. The van der Waals surface area contributed by atoms with Crippen molar-refractivity contribution in [3.05, 3.63) is 77.4 Å². The van der Waals surface area contributed by atoms with Crippen LogP contribution in [-0.4, -0.2) is 41.2 Å². The zero-order valence-electron chi connectivity index (χ0n) is 16.0. The van der Waals surface area contributed by atoms with Gasteiger partial charge in [0.2, 0.25) is 11.7 Å². The molecule has 3 aromatic rings. The Morgan fingerprint density at radius 3 is 2.50 bits per heavy atom. The maximum atomic E-state index is 12.9. The maximum absolute atomic E-state index is 12.9. The zero-order chi connectivity index (χ0) is 19.8. The minimum atomic E-state index is -0.0544. The second-order valence-electron chi connectivity index (χ2n) is 6.25. The summed E-state index contributed by atoms with van der Waals surface area (Å²) in [7, 11) is 1.63. The molecule has 7 nitrogen and oxygen atoms in total. The van der Waals surface area contributed by atoms with Gasteiger partial charge in [-0.3, -0.25) is 4.79 Å². The fraction of sp³-hybridized carbons (Fsp3) is 0.286. The smallest absolute Gasteiger partial charge is 0.254 e. The Hall–Kier alpha value is -3.19. The van der Waals surface area contributed by atoms with Gasteiger partial charge >= 0.3 is 0 Å². The van der Waals surface area contributed by atoms with E-state index in [1.54, 1.807) is 43.2 Å². The molecule has 3 rings (SSSR count). The van der Waals surface area contributed by atoms with Gasteiger partial charge in [0, 0.05) is 32.7 Å². The van der Waals surface area contributed by atoms with Gasteiger partial charge < -0.3 is 18.9 Å². The highest BCUT2D eigenvalue weighted by atomic mass is 16.5. The third-order valence-electron chi connectivity index (χ3n) is 4.11. The van der Waals surface area contributed by atoms with Crippen LogP contribution in [0.3, 0.4) is 0 Å². The van der Waals surface area contributed by atoms with Gasteiger partial charge in [0.15, 0.2) is 6.61 Å². The SMILES string of the molecule is COCCN(Cc1ccccc1)C(=O)c1ccc(OCc2noc(C)n2)cc1. The Bertz CT molecular complexity index is 878. The molecule has 2 aromatic carbocycles. The average molecular weight is 381 g/mol. The number of methoxy groups -OCH3 is 1. The summed E-state index contributed by atoms with van der Waals surface area (Å²) in [4.78, 5) is 18.8. The summed E-state index contributed by atoms with van der Waals surface area (Å²) < 4.78 is 15.7. The van der Waals surface area contributed by atoms with Gasteiger partial charge in [0.05, 0.1) is 6.61 Å². The van der Waals surface area contributed by atoms with Gasteiger partial charge in [-0.25, -0.2) is 0 Å². The Kier molecular flexibility index (Phi) is 6.75. The third-order valence-corrected chi connectivity index (χ3v) is 4.11. The Balaban J connectivity index is 1.64. The highest BCUT2D eigenvalue weighted by molar-refractivity contribution is 5.94. The van der Waals surface area contributed by atoms with Crippen molar-refractivity contribution in [1.82, 2.24) is 15.0 Å². The molecule has 0 aliphatic rings.